The summed E-state index contributed by atoms with van der Waals surface area (Å²) in [6.07, 6.45) is 5.38. The third-order valence-corrected chi connectivity index (χ3v) is 6.32. The zero-order valence-corrected chi connectivity index (χ0v) is 22.5. The molecule has 3 aromatic carbocycles. The molecule has 0 aliphatic rings. The predicted molar refractivity (Wildman–Crippen MR) is 154 cm³/mol. The first kappa shape index (κ1) is 27.9. The van der Waals surface area contributed by atoms with Crippen LogP contribution in [0.15, 0.2) is 91.5 Å². The van der Waals surface area contributed by atoms with E-state index in [0.717, 1.165) is 49.4 Å². The van der Waals surface area contributed by atoms with Gasteiger partial charge in [0.2, 0.25) is 0 Å². The number of anilines is 3. The van der Waals surface area contributed by atoms with E-state index in [2.05, 4.69) is 98.6 Å². The number of benzene rings is 3. The Morgan fingerprint density at radius 2 is 1.35 bits per heavy atom. The largest absolute Gasteiger partial charge is 0.462 e. The number of aryl methyl sites for hydroxylation is 4. The summed E-state index contributed by atoms with van der Waals surface area (Å²) in [4.78, 5) is 13.9. The van der Waals surface area contributed by atoms with Crippen LogP contribution in [0.5, 0.6) is 0 Å². The standard InChI is InChI=1S/C33H39NO3/c1-6-21-36-22-7-9-28-12-17-30(18-13-28)34(32-16-11-26(4)27(5)24-32)31-19-14-29(15-20-31)10-8-23-37-33(35)25(2)3/h6,11-20,24H,1-2,7-10,21-23H2,3-5H3. The van der Waals surface area contributed by atoms with Gasteiger partial charge in [0, 0.05) is 29.2 Å². The van der Waals surface area contributed by atoms with Crippen molar-refractivity contribution in [2.75, 3.05) is 24.7 Å². The van der Waals surface area contributed by atoms with Gasteiger partial charge >= 0.3 is 5.97 Å². The lowest BCUT2D eigenvalue weighted by atomic mass is 10.1. The number of esters is 1. The van der Waals surface area contributed by atoms with Crippen molar-refractivity contribution < 1.29 is 14.3 Å². The molecule has 0 aromatic heterocycles. The first-order valence-electron chi connectivity index (χ1n) is 13.0. The fraction of sp³-hybridized carbons (Fsp3) is 0.303. The van der Waals surface area contributed by atoms with E-state index < -0.39 is 0 Å². The monoisotopic (exact) mass is 497 g/mol. The molecular formula is C33H39NO3. The van der Waals surface area contributed by atoms with E-state index >= 15 is 0 Å². The summed E-state index contributed by atoms with van der Waals surface area (Å²) < 4.78 is 10.7. The fourth-order valence-electron chi connectivity index (χ4n) is 4.04. The second kappa shape index (κ2) is 14.2. The molecule has 4 nitrogen and oxygen atoms in total. The highest BCUT2D eigenvalue weighted by Gasteiger charge is 2.13. The van der Waals surface area contributed by atoms with Crippen molar-refractivity contribution in [3.63, 3.8) is 0 Å². The van der Waals surface area contributed by atoms with Crippen LogP contribution in [0.2, 0.25) is 0 Å². The summed E-state index contributed by atoms with van der Waals surface area (Å²) in [5.41, 5.74) is 8.84. The SMILES string of the molecule is C=CCOCCCc1ccc(N(c2ccc(CCCOC(=O)C(=C)C)cc2)c2ccc(C)c(C)c2)cc1. The third-order valence-electron chi connectivity index (χ3n) is 6.32. The molecule has 3 aromatic rings. The number of hydrogen-bond donors (Lipinski definition) is 0. The fourth-order valence-corrected chi connectivity index (χ4v) is 4.04. The van der Waals surface area contributed by atoms with Crippen molar-refractivity contribution in [2.45, 2.75) is 46.5 Å². The molecule has 0 radical (unpaired) electrons. The summed E-state index contributed by atoms with van der Waals surface area (Å²) in [5, 5.41) is 0. The number of carbonyl (C=O) groups excluding carboxylic acids is 1. The van der Waals surface area contributed by atoms with Crippen LogP contribution in [-0.2, 0) is 27.1 Å². The molecule has 0 bridgehead atoms. The zero-order chi connectivity index (χ0) is 26.6. The molecule has 0 N–H and O–H groups in total. The number of rotatable bonds is 14. The summed E-state index contributed by atoms with van der Waals surface area (Å²) >= 11 is 0. The molecule has 0 aliphatic carbocycles. The minimum Gasteiger partial charge on any atom is -0.462 e. The van der Waals surface area contributed by atoms with Crippen molar-refractivity contribution in [1.82, 2.24) is 0 Å². The van der Waals surface area contributed by atoms with Gasteiger partial charge in [0.1, 0.15) is 0 Å². The molecule has 194 valence electrons. The molecule has 37 heavy (non-hydrogen) atoms. The topological polar surface area (TPSA) is 38.8 Å². The molecule has 4 heteroatoms. The van der Waals surface area contributed by atoms with E-state index in [1.54, 1.807) is 13.0 Å². The minimum absolute atomic E-state index is 0.327. The Morgan fingerprint density at radius 1 is 0.811 bits per heavy atom. The molecule has 0 amide bonds. The van der Waals surface area contributed by atoms with E-state index in [-0.39, 0.29) is 5.97 Å². The maximum Gasteiger partial charge on any atom is 0.333 e. The normalized spacial score (nSPS) is 10.7. The Hall–Kier alpha value is -3.63. The summed E-state index contributed by atoms with van der Waals surface area (Å²) in [7, 11) is 0. The third kappa shape index (κ3) is 8.47. The van der Waals surface area contributed by atoms with E-state index in [4.69, 9.17) is 9.47 Å². The molecule has 0 unspecified atom stereocenters. The number of hydrogen-bond acceptors (Lipinski definition) is 4. The lowest BCUT2D eigenvalue weighted by molar-refractivity contribution is -0.139. The molecule has 0 fully saturated rings. The van der Waals surface area contributed by atoms with E-state index in [0.29, 0.717) is 18.8 Å². The Morgan fingerprint density at radius 3 is 1.86 bits per heavy atom. The first-order chi connectivity index (χ1) is 17.9. The van der Waals surface area contributed by atoms with Crippen LogP contribution in [0.4, 0.5) is 17.1 Å². The van der Waals surface area contributed by atoms with Crippen LogP contribution in [0.25, 0.3) is 0 Å². The van der Waals surface area contributed by atoms with E-state index in [9.17, 15) is 4.79 Å². The quantitative estimate of drug-likeness (QED) is 0.0980. The van der Waals surface area contributed by atoms with Gasteiger partial charge in [0.05, 0.1) is 13.2 Å². The smallest absolute Gasteiger partial charge is 0.333 e. The number of carbonyl (C=O) groups is 1. The van der Waals surface area contributed by atoms with Gasteiger partial charge in [0.25, 0.3) is 0 Å². The van der Waals surface area contributed by atoms with Gasteiger partial charge in [-0.15, -0.1) is 6.58 Å². The van der Waals surface area contributed by atoms with Crippen LogP contribution < -0.4 is 4.90 Å². The van der Waals surface area contributed by atoms with Crippen molar-refractivity contribution in [3.05, 3.63) is 114 Å². The summed E-state index contributed by atoms with van der Waals surface area (Å²) in [5.74, 6) is -0.327. The van der Waals surface area contributed by atoms with Crippen molar-refractivity contribution in [2.24, 2.45) is 0 Å². The van der Waals surface area contributed by atoms with Crippen LogP contribution >= 0.6 is 0 Å². The molecule has 0 atom stereocenters. The molecule has 3 rings (SSSR count). The summed E-state index contributed by atoms with van der Waals surface area (Å²) in [6, 6.07) is 24.0. The Bertz CT molecular complexity index is 1180. The van der Waals surface area contributed by atoms with Gasteiger partial charge in [-0.2, -0.15) is 0 Å². The van der Waals surface area contributed by atoms with Gasteiger partial charge in [-0.05, 0) is 105 Å². The zero-order valence-electron chi connectivity index (χ0n) is 22.5. The van der Waals surface area contributed by atoms with Gasteiger partial charge < -0.3 is 14.4 Å². The molecule has 0 saturated carbocycles. The minimum atomic E-state index is -0.327. The molecule has 0 spiro atoms. The highest BCUT2D eigenvalue weighted by atomic mass is 16.5. The Kier molecular flexibility index (Phi) is 10.7. The van der Waals surface area contributed by atoms with Crippen LogP contribution in [0, 0.1) is 13.8 Å². The Labute approximate surface area is 222 Å². The first-order valence-corrected chi connectivity index (χ1v) is 13.0. The lowest BCUT2D eigenvalue weighted by Crippen LogP contribution is -2.10. The van der Waals surface area contributed by atoms with Crippen molar-refractivity contribution in [3.8, 4) is 0 Å². The van der Waals surface area contributed by atoms with E-state index in [1.165, 1.54) is 22.3 Å². The van der Waals surface area contributed by atoms with Crippen LogP contribution in [0.3, 0.4) is 0 Å². The van der Waals surface area contributed by atoms with Crippen molar-refractivity contribution in [1.29, 1.82) is 0 Å². The maximum atomic E-state index is 11.6. The number of ether oxygens (including phenoxy) is 2. The predicted octanol–water partition coefficient (Wildman–Crippen LogP) is 7.96. The lowest BCUT2D eigenvalue weighted by Gasteiger charge is -2.26. The second-order valence-corrected chi connectivity index (χ2v) is 9.42. The molecule has 0 aliphatic heterocycles. The van der Waals surface area contributed by atoms with Crippen molar-refractivity contribution >= 4 is 23.0 Å². The van der Waals surface area contributed by atoms with Gasteiger partial charge in [-0.3, -0.25) is 0 Å². The van der Waals surface area contributed by atoms with Crippen LogP contribution in [-0.4, -0.2) is 25.8 Å². The average Bonchev–Trinajstić information content (AvgIpc) is 2.90. The number of nitrogens with zero attached hydrogens (tertiary/aromatic N) is 1. The maximum absolute atomic E-state index is 11.6. The molecular weight excluding hydrogens is 458 g/mol. The molecule has 0 saturated heterocycles. The van der Waals surface area contributed by atoms with Gasteiger partial charge in [0.15, 0.2) is 0 Å². The highest BCUT2D eigenvalue weighted by Crippen LogP contribution is 2.35. The van der Waals surface area contributed by atoms with Gasteiger partial charge in [-0.25, -0.2) is 4.79 Å². The van der Waals surface area contributed by atoms with Crippen LogP contribution in [0.1, 0.15) is 42.0 Å². The second-order valence-electron chi connectivity index (χ2n) is 9.42. The van der Waals surface area contributed by atoms with E-state index in [1.807, 2.05) is 0 Å². The Balaban J connectivity index is 1.74. The average molecular weight is 498 g/mol. The highest BCUT2D eigenvalue weighted by molar-refractivity contribution is 5.86. The van der Waals surface area contributed by atoms with Gasteiger partial charge in [-0.1, -0.05) is 43.0 Å². The summed E-state index contributed by atoms with van der Waals surface area (Å²) in [6.45, 7) is 15.0. The molecule has 0 heterocycles.